The van der Waals surface area contributed by atoms with E-state index in [4.69, 9.17) is 0 Å². The number of carbonyl (C=O) groups is 1. The molecule has 1 heterocycles. The first-order chi connectivity index (χ1) is 11.0. The quantitative estimate of drug-likeness (QED) is 0.517. The first-order valence-electron chi connectivity index (χ1n) is 7.15. The first-order valence-corrected chi connectivity index (χ1v) is 7.15. The highest BCUT2D eigenvalue weighted by atomic mass is 16.6. The summed E-state index contributed by atoms with van der Waals surface area (Å²) < 4.78 is 0. The second-order valence-corrected chi connectivity index (χ2v) is 5.30. The van der Waals surface area contributed by atoms with Crippen molar-refractivity contribution in [3.05, 3.63) is 69.9 Å². The molecule has 1 aromatic carbocycles. The van der Waals surface area contributed by atoms with Gasteiger partial charge in [0.15, 0.2) is 0 Å². The van der Waals surface area contributed by atoms with Gasteiger partial charge in [-0.05, 0) is 29.2 Å². The average molecular weight is 311 g/mol. The molecule has 0 aliphatic heterocycles. The molecule has 0 bridgehead atoms. The van der Waals surface area contributed by atoms with Gasteiger partial charge in [-0.3, -0.25) is 14.9 Å². The Labute approximate surface area is 134 Å². The highest BCUT2D eigenvalue weighted by molar-refractivity contribution is 6.01. The largest absolute Gasteiger partial charge is 0.307 e. The van der Waals surface area contributed by atoms with Crippen LogP contribution in [0.25, 0.3) is 6.08 Å². The summed E-state index contributed by atoms with van der Waals surface area (Å²) in [5, 5.41) is 13.1. The van der Waals surface area contributed by atoms with Crippen LogP contribution in [0.15, 0.2) is 48.7 Å². The molecule has 0 aliphatic carbocycles. The van der Waals surface area contributed by atoms with E-state index in [1.807, 2.05) is 24.3 Å². The van der Waals surface area contributed by atoms with Gasteiger partial charge in [-0.15, -0.1) is 0 Å². The van der Waals surface area contributed by atoms with Crippen LogP contribution in [0.1, 0.15) is 30.9 Å². The van der Waals surface area contributed by atoms with E-state index in [0.29, 0.717) is 5.92 Å². The number of carbonyl (C=O) groups excluding carboxylic acids is 1. The van der Waals surface area contributed by atoms with Gasteiger partial charge >= 0.3 is 0 Å². The van der Waals surface area contributed by atoms with Gasteiger partial charge < -0.3 is 5.32 Å². The first kappa shape index (κ1) is 16.4. The fourth-order valence-electron chi connectivity index (χ4n) is 1.90. The lowest BCUT2D eigenvalue weighted by Gasteiger charge is -2.04. The maximum atomic E-state index is 11.8. The summed E-state index contributed by atoms with van der Waals surface area (Å²) in [7, 11) is 0. The highest BCUT2D eigenvalue weighted by Gasteiger charge is 2.06. The van der Waals surface area contributed by atoms with Crippen molar-refractivity contribution in [1.82, 2.24) is 4.98 Å². The van der Waals surface area contributed by atoms with Crippen LogP contribution in [0.4, 0.5) is 11.5 Å². The monoisotopic (exact) mass is 311 g/mol. The van der Waals surface area contributed by atoms with Gasteiger partial charge in [0, 0.05) is 12.1 Å². The van der Waals surface area contributed by atoms with Gasteiger partial charge in [0.25, 0.3) is 5.69 Å². The summed E-state index contributed by atoms with van der Waals surface area (Å²) >= 11 is 0. The minimum atomic E-state index is -0.542. The van der Waals surface area contributed by atoms with Crippen molar-refractivity contribution >= 4 is 23.5 Å². The lowest BCUT2D eigenvalue weighted by atomic mass is 10.0. The Morgan fingerprint density at radius 3 is 2.43 bits per heavy atom. The van der Waals surface area contributed by atoms with E-state index in [-0.39, 0.29) is 17.4 Å². The molecule has 1 aromatic heterocycles. The zero-order valence-electron chi connectivity index (χ0n) is 12.9. The van der Waals surface area contributed by atoms with E-state index in [2.05, 4.69) is 24.1 Å². The third-order valence-corrected chi connectivity index (χ3v) is 3.24. The number of pyridine rings is 1. The SMILES string of the molecule is CC(C)c1ccc(C=CC(=O)Nc2ccc([N+](=O)[O-])cn2)cc1. The topological polar surface area (TPSA) is 85.1 Å². The number of hydrogen-bond donors (Lipinski definition) is 1. The van der Waals surface area contributed by atoms with Crippen LogP contribution in [-0.2, 0) is 4.79 Å². The molecule has 1 amide bonds. The summed E-state index contributed by atoms with van der Waals surface area (Å²) in [5.74, 6) is 0.379. The third-order valence-electron chi connectivity index (χ3n) is 3.24. The Morgan fingerprint density at radius 1 is 1.22 bits per heavy atom. The van der Waals surface area contributed by atoms with Crippen LogP contribution < -0.4 is 5.32 Å². The fraction of sp³-hybridized carbons (Fsp3) is 0.176. The Kier molecular flexibility index (Phi) is 5.19. The molecule has 0 aliphatic rings. The highest BCUT2D eigenvalue weighted by Crippen LogP contribution is 2.15. The second kappa shape index (κ2) is 7.31. The molecule has 0 radical (unpaired) electrons. The van der Waals surface area contributed by atoms with Crippen molar-refractivity contribution in [3.63, 3.8) is 0 Å². The number of anilines is 1. The van der Waals surface area contributed by atoms with Crippen molar-refractivity contribution < 1.29 is 9.72 Å². The minimum absolute atomic E-state index is 0.121. The molecule has 0 saturated carbocycles. The number of aromatic nitrogens is 1. The molecule has 1 N–H and O–H groups in total. The zero-order chi connectivity index (χ0) is 16.8. The zero-order valence-corrected chi connectivity index (χ0v) is 12.9. The number of hydrogen-bond acceptors (Lipinski definition) is 4. The molecular weight excluding hydrogens is 294 g/mol. The summed E-state index contributed by atoms with van der Waals surface area (Å²) in [6.45, 7) is 4.24. The van der Waals surface area contributed by atoms with Crippen LogP contribution in [0.3, 0.4) is 0 Å². The van der Waals surface area contributed by atoms with Gasteiger partial charge in [-0.1, -0.05) is 38.1 Å². The van der Waals surface area contributed by atoms with Crippen LogP contribution in [-0.4, -0.2) is 15.8 Å². The number of nitro groups is 1. The minimum Gasteiger partial charge on any atom is -0.307 e. The molecule has 2 aromatic rings. The van der Waals surface area contributed by atoms with E-state index < -0.39 is 4.92 Å². The Morgan fingerprint density at radius 2 is 1.91 bits per heavy atom. The number of amides is 1. The lowest BCUT2D eigenvalue weighted by Crippen LogP contribution is -2.09. The average Bonchev–Trinajstić information content (AvgIpc) is 2.54. The summed E-state index contributed by atoms with van der Waals surface area (Å²) in [6.07, 6.45) is 4.20. The van der Waals surface area contributed by atoms with Gasteiger partial charge in [0.05, 0.1) is 4.92 Å². The number of rotatable bonds is 5. The molecule has 0 unspecified atom stereocenters. The predicted octanol–water partition coefficient (Wildman–Crippen LogP) is 3.77. The van der Waals surface area contributed by atoms with Gasteiger partial charge in [0.1, 0.15) is 12.0 Å². The summed E-state index contributed by atoms with van der Waals surface area (Å²) in [4.78, 5) is 25.6. The van der Waals surface area contributed by atoms with Crippen molar-refractivity contribution in [2.75, 3.05) is 5.32 Å². The van der Waals surface area contributed by atoms with Crippen LogP contribution in [0, 0.1) is 10.1 Å². The molecule has 6 heteroatoms. The molecule has 2 rings (SSSR count). The predicted molar refractivity (Wildman–Crippen MR) is 89.1 cm³/mol. The van der Waals surface area contributed by atoms with E-state index in [9.17, 15) is 14.9 Å². The van der Waals surface area contributed by atoms with Crippen molar-refractivity contribution in [2.24, 2.45) is 0 Å². The molecular formula is C17H17N3O3. The van der Waals surface area contributed by atoms with Crippen LogP contribution in [0.5, 0.6) is 0 Å². The third kappa shape index (κ3) is 4.74. The molecule has 0 fully saturated rings. The van der Waals surface area contributed by atoms with Crippen molar-refractivity contribution in [2.45, 2.75) is 19.8 Å². The molecule has 6 nitrogen and oxygen atoms in total. The van der Waals surface area contributed by atoms with Crippen molar-refractivity contribution in [3.8, 4) is 0 Å². The Balaban J connectivity index is 1.97. The maximum Gasteiger partial charge on any atom is 0.287 e. The van der Waals surface area contributed by atoms with E-state index in [0.717, 1.165) is 11.8 Å². The molecule has 118 valence electrons. The van der Waals surface area contributed by atoms with E-state index in [1.165, 1.54) is 23.8 Å². The smallest absolute Gasteiger partial charge is 0.287 e. The molecule has 0 atom stereocenters. The molecule has 23 heavy (non-hydrogen) atoms. The summed E-state index contributed by atoms with van der Waals surface area (Å²) in [5.41, 5.74) is 2.03. The fourth-order valence-corrected chi connectivity index (χ4v) is 1.90. The Hall–Kier alpha value is -3.02. The summed E-state index contributed by atoms with van der Waals surface area (Å²) in [6, 6.07) is 10.6. The molecule has 0 saturated heterocycles. The van der Waals surface area contributed by atoms with Crippen LogP contribution >= 0.6 is 0 Å². The number of benzene rings is 1. The van der Waals surface area contributed by atoms with Crippen LogP contribution in [0.2, 0.25) is 0 Å². The van der Waals surface area contributed by atoms with Crippen molar-refractivity contribution in [1.29, 1.82) is 0 Å². The standard InChI is InChI=1S/C17H17N3O3/c1-12(2)14-6-3-13(4-7-14)5-10-17(21)19-16-9-8-15(11-18-16)20(22)23/h3-12H,1-2H3,(H,18,19,21). The van der Waals surface area contributed by atoms with Gasteiger partial charge in [-0.25, -0.2) is 4.98 Å². The Bertz CT molecular complexity index is 720. The van der Waals surface area contributed by atoms with E-state index >= 15 is 0 Å². The lowest BCUT2D eigenvalue weighted by molar-refractivity contribution is -0.385. The second-order valence-electron chi connectivity index (χ2n) is 5.30. The molecule has 0 spiro atoms. The van der Waals surface area contributed by atoms with Gasteiger partial charge in [-0.2, -0.15) is 0 Å². The normalized spacial score (nSPS) is 10.9. The van der Waals surface area contributed by atoms with Gasteiger partial charge in [0.2, 0.25) is 5.91 Å². The van der Waals surface area contributed by atoms with E-state index in [1.54, 1.807) is 6.08 Å². The maximum absolute atomic E-state index is 11.8. The number of nitrogens with one attached hydrogen (secondary N) is 1. The number of nitrogens with zero attached hydrogens (tertiary/aromatic N) is 2.